The third-order valence-corrected chi connectivity index (χ3v) is 3.79. The van der Waals surface area contributed by atoms with Gasteiger partial charge in [-0.15, -0.1) is 0 Å². The first-order valence-electron chi connectivity index (χ1n) is 4.97. The maximum Gasteiger partial charge on any atom is 0.211 e. The third-order valence-electron chi connectivity index (χ3n) is 2.07. The predicted molar refractivity (Wildman–Crippen MR) is 68.7 cm³/mol. The standard InChI is InChI=1S/C12H11OP.H2N3/c13-14(11-7-3-1-4-8-11)12-9-5-2-6-10-12;1-3-2/h1-10,14H;1-2H/q;+1. The zero-order valence-corrected chi connectivity index (χ0v) is 10.1. The highest BCUT2D eigenvalue weighted by Gasteiger charge is 2.03. The fourth-order valence-electron chi connectivity index (χ4n) is 1.35. The van der Waals surface area contributed by atoms with Crippen LogP contribution < -0.4 is 15.5 Å². The molecule has 0 saturated heterocycles. The van der Waals surface area contributed by atoms with Gasteiger partial charge in [0, 0.05) is 10.6 Å². The van der Waals surface area contributed by atoms with Crippen LogP contribution in [0.5, 0.6) is 0 Å². The van der Waals surface area contributed by atoms with Gasteiger partial charge in [0.25, 0.3) is 0 Å². The molecule has 0 atom stereocenters. The largest absolute Gasteiger partial charge is 0.317 e. The van der Waals surface area contributed by atoms with Crippen molar-refractivity contribution in [3.05, 3.63) is 60.7 Å². The summed E-state index contributed by atoms with van der Waals surface area (Å²) in [5, 5.41) is 1.84. The van der Waals surface area contributed by atoms with E-state index in [2.05, 4.69) is 0 Å². The summed E-state index contributed by atoms with van der Waals surface area (Å²) in [4.78, 5) is 2.00. The molecule has 0 spiro atoms. The van der Waals surface area contributed by atoms with E-state index in [9.17, 15) is 4.57 Å². The van der Waals surface area contributed by atoms with E-state index in [0.29, 0.717) is 0 Å². The molecule has 0 amide bonds. The Hall–Kier alpha value is -2.02. The Balaban J connectivity index is 0.000000437. The van der Waals surface area contributed by atoms with Crippen LogP contribution in [0.2, 0.25) is 0 Å². The molecule has 2 aromatic carbocycles. The maximum atomic E-state index is 12.0. The van der Waals surface area contributed by atoms with Crippen molar-refractivity contribution in [2.75, 3.05) is 0 Å². The molecule has 0 aliphatic rings. The van der Waals surface area contributed by atoms with Crippen molar-refractivity contribution >= 4 is 18.4 Å². The topological polar surface area (TPSA) is 78.9 Å². The smallest absolute Gasteiger partial charge is 0.211 e. The van der Waals surface area contributed by atoms with Gasteiger partial charge in [0.15, 0.2) is 0 Å². The molecule has 4 nitrogen and oxygen atoms in total. The lowest BCUT2D eigenvalue weighted by molar-refractivity contribution is 0.598. The molecule has 0 saturated carbocycles. The van der Waals surface area contributed by atoms with Crippen LogP contribution in [0, 0.1) is 11.1 Å². The number of rotatable bonds is 2. The molecule has 0 aromatic heterocycles. The van der Waals surface area contributed by atoms with Crippen LogP contribution >= 0.6 is 7.80 Å². The molecule has 0 heterocycles. The minimum atomic E-state index is -1.79. The summed E-state index contributed by atoms with van der Waals surface area (Å²) >= 11 is 0. The number of benzene rings is 2. The molecule has 5 heteroatoms. The first-order valence-corrected chi connectivity index (χ1v) is 6.38. The van der Waals surface area contributed by atoms with E-state index in [1.54, 1.807) is 0 Å². The molecule has 0 radical (unpaired) electrons. The number of nitrogens with zero attached hydrogens (tertiary/aromatic N) is 1. The van der Waals surface area contributed by atoms with Gasteiger partial charge in [0.2, 0.25) is 4.91 Å². The first-order chi connectivity index (χ1) is 8.29. The van der Waals surface area contributed by atoms with Gasteiger partial charge < -0.3 is 4.57 Å². The Kier molecular flexibility index (Phi) is 5.59. The molecule has 86 valence electrons. The summed E-state index contributed by atoms with van der Waals surface area (Å²) in [7, 11) is -1.79. The summed E-state index contributed by atoms with van der Waals surface area (Å²) < 4.78 is 12.0. The van der Waals surface area contributed by atoms with Gasteiger partial charge in [-0.2, -0.15) is 0 Å². The van der Waals surface area contributed by atoms with Crippen LogP contribution in [-0.2, 0) is 4.57 Å². The molecular weight excluding hydrogens is 233 g/mol. The first kappa shape index (κ1) is 13.0. The second kappa shape index (κ2) is 7.29. The van der Waals surface area contributed by atoms with Crippen LogP contribution in [0.3, 0.4) is 0 Å². The zero-order valence-electron chi connectivity index (χ0n) is 9.13. The minimum absolute atomic E-state index is 0.920. The van der Waals surface area contributed by atoms with E-state index < -0.39 is 7.80 Å². The highest BCUT2D eigenvalue weighted by Crippen LogP contribution is 2.18. The SMILES string of the molecule is N=[N+]=N.O=[PH](c1ccccc1)c1ccccc1. The van der Waals surface area contributed by atoms with Crippen molar-refractivity contribution in [2.24, 2.45) is 0 Å². The van der Waals surface area contributed by atoms with Crippen molar-refractivity contribution < 1.29 is 4.57 Å². The zero-order chi connectivity index (χ0) is 12.5. The molecule has 0 aliphatic carbocycles. The third kappa shape index (κ3) is 4.15. The van der Waals surface area contributed by atoms with Crippen LogP contribution in [-0.4, -0.2) is 0 Å². The van der Waals surface area contributed by atoms with Gasteiger partial charge in [0.05, 0.1) is 0 Å². The van der Waals surface area contributed by atoms with Gasteiger partial charge in [-0.25, -0.2) is 0 Å². The van der Waals surface area contributed by atoms with Crippen molar-refractivity contribution in [1.29, 1.82) is 11.1 Å². The Morgan fingerprint density at radius 1 is 0.765 bits per heavy atom. The normalized spacial score (nSPS) is 9.00. The molecule has 0 bridgehead atoms. The van der Waals surface area contributed by atoms with Crippen molar-refractivity contribution in [3.63, 3.8) is 0 Å². The van der Waals surface area contributed by atoms with Crippen LogP contribution in [0.25, 0.3) is 0 Å². The van der Waals surface area contributed by atoms with E-state index in [1.165, 1.54) is 0 Å². The lowest BCUT2D eigenvalue weighted by Crippen LogP contribution is -2.04. The number of hydrogen-bond acceptors (Lipinski definition) is 3. The Labute approximate surface area is 100 Å². The Morgan fingerprint density at radius 3 is 1.35 bits per heavy atom. The molecule has 2 rings (SSSR count). The van der Waals surface area contributed by atoms with Crippen LogP contribution in [0.4, 0.5) is 0 Å². The molecule has 0 aliphatic heterocycles. The fraction of sp³-hybridized carbons (Fsp3) is 0. The second-order valence-corrected chi connectivity index (χ2v) is 4.99. The van der Waals surface area contributed by atoms with Gasteiger partial charge in [-0.3, -0.25) is 0 Å². The van der Waals surface area contributed by atoms with Crippen molar-refractivity contribution in [3.8, 4) is 0 Å². The van der Waals surface area contributed by atoms with E-state index in [-0.39, 0.29) is 0 Å². The van der Waals surface area contributed by atoms with Crippen molar-refractivity contribution in [1.82, 2.24) is 4.91 Å². The van der Waals surface area contributed by atoms with Gasteiger partial charge >= 0.3 is 0 Å². The summed E-state index contributed by atoms with van der Waals surface area (Å²) in [6.45, 7) is 0. The fourth-order valence-corrected chi connectivity index (χ4v) is 2.67. The lowest BCUT2D eigenvalue weighted by Gasteiger charge is -2.01. The van der Waals surface area contributed by atoms with Crippen LogP contribution in [0.1, 0.15) is 0 Å². The second-order valence-electron chi connectivity index (χ2n) is 3.17. The quantitative estimate of drug-likeness (QED) is 0.476. The van der Waals surface area contributed by atoms with E-state index in [4.69, 9.17) is 11.1 Å². The summed E-state index contributed by atoms with van der Waals surface area (Å²) in [6.07, 6.45) is 0. The van der Waals surface area contributed by atoms with E-state index >= 15 is 0 Å². The highest BCUT2D eigenvalue weighted by molar-refractivity contribution is 7.61. The summed E-state index contributed by atoms with van der Waals surface area (Å²) in [5.41, 5.74) is 11.0. The predicted octanol–water partition coefficient (Wildman–Crippen LogP) is 2.31. The molecular formula is C12H13N3OP+. The van der Waals surface area contributed by atoms with Gasteiger partial charge in [-0.1, -0.05) is 60.7 Å². The molecule has 0 unspecified atom stereocenters. The van der Waals surface area contributed by atoms with Gasteiger partial charge in [-0.05, 0) is 0 Å². The van der Waals surface area contributed by atoms with E-state index in [0.717, 1.165) is 10.6 Å². The molecule has 2 N–H and O–H groups in total. The van der Waals surface area contributed by atoms with Gasteiger partial charge in [0.1, 0.15) is 18.9 Å². The lowest BCUT2D eigenvalue weighted by atomic mass is 10.4. The average Bonchev–Trinajstić information content (AvgIpc) is 2.41. The van der Waals surface area contributed by atoms with Crippen LogP contribution in [0.15, 0.2) is 60.7 Å². The molecule has 0 fully saturated rings. The monoisotopic (exact) mass is 246 g/mol. The Bertz CT molecular complexity index is 466. The van der Waals surface area contributed by atoms with Crippen molar-refractivity contribution in [2.45, 2.75) is 0 Å². The number of hydrogen-bond donors (Lipinski definition) is 2. The van der Waals surface area contributed by atoms with E-state index in [1.807, 2.05) is 65.6 Å². The summed E-state index contributed by atoms with van der Waals surface area (Å²) in [5.74, 6) is 0. The maximum absolute atomic E-state index is 12.0. The number of nitrogens with one attached hydrogen (secondary N) is 2. The molecule has 17 heavy (non-hydrogen) atoms. The highest BCUT2D eigenvalue weighted by atomic mass is 31.1. The molecule has 2 aromatic rings. The average molecular weight is 246 g/mol. The minimum Gasteiger partial charge on any atom is -0.317 e. The summed E-state index contributed by atoms with van der Waals surface area (Å²) in [6, 6.07) is 19.2. The Morgan fingerprint density at radius 2 is 1.06 bits per heavy atom.